The molecule has 1 aromatic heterocycles. The van der Waals surface area contributed by atoms with Crippen molar-refractivity contribution in [3.63, 3.8) is 0 Å². The highest BCUT2D eigenvalue weighted by atomic mass is 32.1. The van der Waals surface area contributed by atoms with Crippen molar-refractivity contribution in [2.45, 2.75) is 39.2 Å². The van der Waals surface area contributed by atoms with Crippen LogP contribution in [-0.4, -0.2) is 73.2 Å². The number of carbonyl (C=O) groups excluding carboxylic acids is 2. The first-order chi connectivity index (χ1) is 16.1. The molecule has 180 valence electrons. The fourth-order valence-electron chi connectivity index (χ4n) is 3.85. The molecule has 0 aliphatic carbocycles. The predicted molar refractivity (Wildman–Crippen MR) is 132 cm³/mol. The first kappa shape index (κ1) is 25.1. The van der Waals surface area contributed by atoms with Gasteiger partial charge in [0.25, 0.3) is 5.91 Å². The molecule has 0 atom stereocenters. The maximum absolute atomic E-state index is 13.0. The largest absolute Gasteiger partial charge is 0.383 e. The van der Waals surface area contributed by atoms with Gasteiger partial charge in [-0.2, -0.15) is 0 Å². The topological polar surface area (TPSA) is 86.8 Å². The lowest BCUT2D eigenvalue weighted by molar-refractivity contribution is 0.0942. The number of methoxy groups -OCH3 is 1. The van der Waals surface area contributed by atoms with Crippen LogP contribution in [0.5, 0.6) is 0 Å². The Hall–Kier alpha value is -2.49. The number of piperidine rings is 1. The minimum atomic E-state index is -0.212. The highest BCUT2D eigenvalue weighted by molar-refractivity contribution is 7.09. The zero-order valence-electron chi connectivity index (χ0n) is 19.6. The normalized spacial score (nSPS) is 14.1. The predicted octanol–water partition coefficient (Wildman–Crippen LogP) is 3.60. The Morgan fingerprint density at radius 2 is 2.00 bits per heavy atom. The number of nitrogens with zero attached hydrogens (tertiary/aromatic N) is 3. The number of aryl methyl sites for hydroxylation is 1. The van der Waals surface area contributed by atoms with E-state index >= 15 is 0 Å². The quantitative estimate of drug-likeness (QED) is 0.521. The number of aromatic nitrogens is 1. The first-order valence-electron chi connectivity index (χ1n) is 11.7. The van der Waals surface area contributed by atoms with Gasteiger partial charge in [0.15, 0.2) is 0 Å². The Morgan fingerprint density at radius 3 is 2.76 bits per heavy atom. The minimum Gasteiger partial charge on any atom is -0.383 e. The molecule has 1 aromatic carbocycles. The third kappa shape index (κ3) is 7.80. The van der Waals surface area contributed by atoms with E-state index in [0.717, 1.165) is 37.3 Å². The number of thiazole rings is 1. The number of nitrogens with one attached hydrogen (secondary N) is 2. The SMILES string of the molecule is CCc1ccccc1NC(=O)N(CCOC)Cc1nc(C(=O)NCCN2CCCCC2)cs1. The fraction of sp³-hybridized carbons (Fsp3) is 0.542. The molecule has 2 N–H and O–H groups in total. The van der Waals surface area contributed by atoms with Crippen LogP contribution in [0.1, 0.15) is 47.2 Å². The van der Waals surface area contributed by atoms with Gasteiger partial charge in [-0.3, -0.25) is 4.79 Å². The molecule has 1 aliphatic rings. The van der Waals surface area contributed by atoms with E-state index in [0.29, 0.717) is 36.9 Å². The Labute approximate surface area is 200 Å². The number of para-hydroxylation sites is 1. The summed E-state index contributed by atoms with van der Waals surface area (Å²) in [4.78, 5) is 34.0. The van der Waals surface area contributed by atoms with Crippen LogP contribution in [-0.2, 0) is 17.7 Å². The number of likely N-dealkylation sites (tertiary alicyclic amines) is 1. The Morgan fingerprint density at radius 1 is 1.21 bits per heavy atom. The summed E-state index contributed by atoms with van der Waals surface area (Å²) in [6, 6.07) is 7.57. The average molecular weight is 474 g/mol. The third-order valence-corrected chi connectivity index (χ3v) is 6.60. The second kappa shape index (κ2) is 13.3. The standard InChI is InChI=1S/C24H35N5O3S/c1-3-19-9-5-6-10-20(19)27-24(31)29(15-16-32-2)17-22-26-21(18-33-22)23(30)25-11-14-28-12-7-4-8-13-28/h5-6,9-10,18H,3-4,7-8,11-17H2,1-2H3,(H,25,30)(H,27,31). The molecule has 8 nitrogen and oxygen atoms in total. The number of carbonyl (C=O) groups is 2. The molecule has 9 heteroatoms. The Balaban J connectivity index is 1.55. The molecule has 0 saturated carbocycles. The van der Waals surface area contributed by atoms with Crippen LogP contribution in [0.4, 0.5) is 10.5 Å². The van der Waals surface area contributed by atoms with E-state index < -0.39 is 0 Å². The van der Waals surface area contributed by atoms with Crippen LogP contribution in [0.2, 0.25) is 0 Å². The number of ether oxygens (including phenoxy) is 1. The molecule has 3 rings (SSSR count). The van der Waals surface area contributed by atoms with Crippen LogP contribution >= 0.6 is 11.3 Å². The number of amides is 3. The maximum Gasteiger partial charge on any atom is 0.322 e. The summed E-state index contributed by atoms with van der Waals surface area (Å²) in [7, 11) is 1.61. The molecule has 0 bridgehead atoms. The van der Waals surface area contributed by atoms with Crippen molar-refractivity contribution in [1.29, 1.82) is 0 Å². The molecular weight excluding hydrogens is 438 g/mol. The number of anilines is 1. The highest BCUT2D eigenvalue weighted by Gasteiger charge is 2.19. The lowest BCUT2D eigenvalue weighted by Gasteiger charge is -2.26. The van der Waals surface area contributed by atoms with Gasteiger partial charge in [0, 0.05) is 37.8 Å². The van der Waals surface area contributed by atoms with E-state index in [9.17, 15) is 9.59 Å². The number of benzene rings is 1. The van der Waals surface area contributed by atoms with Gasteiger partial charge in [-0.15, -0.1) is 11.3 Å². The number of urea groups is 1. The summed E-state index contributed by atoms with van der Waals surface area (Å²) < 4.78 is 5.19. The molecule has 1 fully saturated rings. The molecule has 0 radical (unpaired) electrons. The van der Waals surface area contributed by atoms with E-state index in [1.165, 1.54) is 30.6 Å². The summed E-state index contributed by atoms with van der Waals surface area (Å²) in [6.07, 6.45) is 4.60. The van der Waals surface area contributed by atoms with Gasteiger partial charge in [0.05, 0.1) is 13.2 Å². The van der Waals surface area contributed by atoms with Crippen molar-refractivity contribution in [2.24, 2.45) is 0 Å². The van der Waals surface area contributed by atoms with E-state index in [4.69, 9.17) is 4.74 Å². The van der Waals surface area contributed by atoms with Gasteiger partial charge in [-0.1, -0.05) is 31.5 Å². The van der Waals surface area contributed by atoms with E-state index in [-0.39, 0.29) is 11.9 Å². The summed E-state index contributed by atoms with van der Waals surface area (Å²) in [6.45, 7) is 6.92. The monoisotopic (exact) mass is 473 g/mol. The smallest absolute Gasteiger partial charge is 0.322 e. The van der Waals surface area contributed by atoms with E-state index in [2.05, 4.69) is 27.4 Å². The second-order valence-electron chi connectivity index (χ2n) is 8.14. The lowest BCUT2D eigenvalue weighted by Crippen LogP contribution is -2.38. The van der Waals surface area contributed by atoms with E-state index in [1.807, 2.05) is 24.3 Å². The number of hydrogen-bond acceptors (Lipinski definition) is 6. The first-order valence-corrected chi connectivity index (χ1v) is 12.6. The zero-order valence-corrected chi connectivity index (χ0v) is 20.5. The molecule has 3 amide bonds. The number of hydrogen-bond donors (Lipinski definition) is 2. The summed E-state index contributed by atoms with van der Waals surface area (Å²) in [5, 5.41) is 8.44. The summed E-state index contributed by atoms with van der Waals surface area (Å²) in [5.41, 5.74) is 2.28. The van der Waals surface area contributed by atoms with Gasteiger partial charge in [0.1, 0.15) is 10.7 Å². The van der Waals surface area contributed by atoms with Gasteiger partial charge in [-0.25, -0.2) is 9.78 Å². The third-order valence-electron chi connectivity index (χ3n) is 5.77. The molecular formula is C24H35N5O3S. The Bertz CT molecular complexity index is 898. The van der Waals surface area contributed by atoms with E-state index in [1.54, 1.807) is 17.4 Å². The minimum absolute atomic E-state index is 0.167. The van der Waals surface area contributed by atoms with Crippen LogP contribution in [0.3, 0.4) is 0 Å². The van der Waals surface area contributed by atoms with Gasteiger partial charge < -0.3 is 25.2 Å². The maximum atomic E-state index is 13.0. The molecule has 0 unspecified atom stereocenters. The van der Waals surface area contributed by atoms with Crippen molar-refractivity contribution in [2.75, 3.05) is 51.8 Å². The Kier molecular flexibility index (Phi) is 10.1. The second-order valence-corrected chi connectivity index (χ2v) is 9.08. The summed E-state index contributed by atoms with van der Waals surface area (Å²) >= 11 is 1.39. The molecule has 1 aliphatic heterocycles. The van der Waals surface area contributed by atoms with Crippen molar-refractivity contribution >= 4 is 29.0 Å². The van der Waals surface area contributed by atoms with Crippen LogP contribution < -0.4 is 10.6 Å². The van der Waals surface area contributed by atoms with Gasteiger partial charge >= 0.3 is 6.03 Å². The molecule has 33 heavy (non-hydrogen) atoms. The van der Waals surface area contributed by atoms with Crippen LogP contribution in [0, 0.1) is 0 Å². The van der Waals surface area contributed by atoms with Crippen molar-refractivity contribution in [3.8, 4) is 0 Å². The van der Waals surface area contributed by atoms with Crippen molar-refractivity contribution in [1.82, 2.24) is 20.1 Å². The molecule has 2 aromatic rings. The van der Waals surface area contributed by atoms with Gasteiger partial charge in [0.2, 0.25) is 0 Å². The molecule has 1 saturated heterocycles. The zero-order chi connectivity index (χ0) is 23.5. The van der Waals surface area contributed by atoms with Gasteiger partial charge in [-0.05, 0) is 44.0 Å². The van der Waals surface area contributed by atoms with Crippen LogP contribution in [0.15, 0.2) is 29.6 Å². The lowest BCUT2D eigenvalue weighted by atomic mass is 10.1. The summed E-state index contributed by atoms with van der Waals surface area (Å²) in [5.74, 6) is -0.167. The average Bonchev–Trinajstić information content (AvgIpc) is 3.31. The van der Waals surface area contributed by atoms with Crippen LogP contribution in [0.25, 0.3) is 0 Å². The van der Waals surface area contributed by atoms with Crippen molar-refractivity contribution < 1.29 is 14.3 Å². The fourth-order valence-corrected chi connectivity index (χ4v) is 4.64. The molecule has 0 spiro atoms. The van der Waals surface area contributed by atoms with Crippen molar-refractivity contribution in [3.05, 3.63) is 45.9 Å². The molecule has 2 heterocycles. The highest BCUT2D eigenvalue weighted by Crippen LogP contribution is 2.18. The number of rotatable bonds is 11.